The highest BCUT2D eigenvalue weighted by Gasteiger charge is 2.21. The van der Waals surface area contributed by atoms with Crippen molar-refractivity contribution in [1.82, 2.24) is 20.0 Å². The maximum absolute atomic E-state index is 12.4. The first kappa shape index (κ1) is 21.2. The van der Waals surface area contributed by atoms with Gasteiger partial charge in [0, 0.05) is 38.8 Å². The minimum atomic E-state index is -0.268. The molecular formula is C23H32N4O2. The molecule has 0 aliphatic carbocycles. The summed E-state index contributed by atoms with van der Waals surface area (Å²) in [6.45, 7) is 10.9. The van der Waals surface area contributed by atoms with Gasteiger partial charge in [0.25, 0.3) is 11.5 Å². The maximum Gasteiger partial charge on any atom is 0.271 e. The van der Waals surface area contributed by atoms with Crippen molar-refractivity contribution in [3.8, 4) is 0 Å². The Balaban J connectivity index is 1.54. The van der Waals surface area contributed by atoms with E-state index in [0.29, 0.717) is 13.1 Å². The van der Waals surface area contributed by atoms with Crippen LogP contribution < -0.4 is 10.9 Å². The van der Waals surface area contributed by atoms with E-state index < -0.39 is 0 Å². The number of carbonyl (C=O) groups excluding carboxylic acids is 1. The fourth-order valence-electron chi connectivity index (χ4n) is 4.16. The Morgan fingerprint density at radius 1 is 1.07 bits per heavy atom. The van der Waals surface area contributed by atoms with Crippen molar-refractivity contribution in [2.45, 2.75) is 53.2 Å². The van der Waals surface area contributed by atoms with Gasteiger partial charge in [-0.15, -0.1) is 0 Å². The SMILES string of the molecule is CCCn1nc(C(=O)NCc2ccc(CN3C[C@H](C)C[C@H](C)C3)cc2)ccc1=O. The van der Waals surface area contributed by atoms with Gasteiger partial charge in [0.15, 0.2) is 0 Å². The summed E-state index contributed by atoms with van der Waals surface area (Å²) < 4.78 is 1.34. The van der Waals surface area contributed by atoms with E-state index in [9.17, 15) is 9.59 Å². The molecular weight excluding hydrogens is 364 g/mol. The van der Waals surface area contributed by atoms with Gasteiger partial charge in [-0.2, -0.15) is 5.10 Å². The number of hydrogen-bond acceptors (Lipinski definition) is 4. The number of piperidine rings is 1. The first-order valence-corrected chi connectivity index (χ1v) is 10.6. The lowest BCUT2D eigenvalue weighted by Gasteiger charge is -2.35. The molecule has 1 saturated heterocycles. The standard InChI is InChI=1S/C23H32N4O2/c1-4-11-27-22(28)10-9-21(25-27)23(29)24-13-19-5-7-20(8-6-19)16-26-14-17(2)12-18(3)15-26/h5-10,17-18H,4,11-16H2,1-3H3,(H,24,29)/t17-,18+. The number of carbonyl (C=O) groups is 1. The highest BCUT2D eigenvalue weighted by atomic mass is 16.2. The molecule has 2 aromatic rings. The number of benzene rings is 1. The van der Waals surface area contributed by atoms with Crippen LogP contribution in [0.5, 0.6) is 0 Å². The molecule has 2 heterocycles. The molecule has 1 amide bonds. The van der Waals surface area contributed by atoms with Crippen LogP contribution in [0.1, 0.15) is 55.2 Å². The fraction of sp³-hybridized carbons (Fsp3) is 0.522. The molecule has 6 heteroatoms. The number of aromatic nitrogens is 2. The number of amides is 1. The molecule has 3 rings (SSSR count). The van der Waals surface area contributed by atoms with Gasteiger partial charge < -0.3 is 5.32 Å². The predicted molar refractivity (Wildman–Crippen MR) is 115 cm³/mol. The second kappa shape index (κ2) is 9.83. The molecule has 1 aromatic carbocycles. The molecule has 1 aliphatic heterocycles. The number of hydrogen-bond donors (Lipinski definition) is 1. The number of nitrogens with one attached hydrogen (secondary N) is 1. The number of likely N-dealkylation sites (tertiary alicyclic amines) is 1. The fourth-order valence-corrected chi connectivity index (χ4v) is 4.16. The van der Waals surface area contributed by atoms with Crippen LogP contribution in [0.25, 0.3) is 0 Å². The third-order valence-electron chi connectivity index (χ3n) is 5.36. The molecule has 0 radical (unpaired) electrons. The molecule has 0 spiro atoms. The smallest absolute Gasteiger partial charge is 0.271 e. The van der Waals surface area contributed by atoms with Crippen LogP contribution in [0, 0.1) is 11.8 Å². The second-order valence-corrected chi connectivity index (χ2v) is 8.42. The number of nitrogens with zero attached hydrogens (tertiary/aromatic N) is 3. The van der Waals surface area contributed by atoms with Crippen LogP contribution >= 0.6 is 0 Å². The van der Waals surface area contributed by atoms with Crippen molar-refractivity contribution in [3.05, 3.63) is 63.6 Å². The topological polar surface area (TPSA) is 67.2 Å². The van der Waals surface area contributed by atoms with Gasteiger partial charge in [-0.05, 0) is 41.9 Å². The summed E-state index contributed by atoms with van der Waals surface area (Å²) in [5.41, 5.74) is 2.43. The average Bonchev–Trinajstić information content (AvgIpc) is 2.68. The Morgan fingerprint density at radius 3 is 2.38 bits per heavy atom. The van der Waals surface area contributed by atoms with Crippen LogP contribution in [-0.4, -0.2) is 33.7 Å². The van der Waals surface area contributed by atoms with Crippen molar-refractivity contribution in [2.75, 3.05) is 13.1 Å². The van der Waals surface area contributed by atoms with Gasteiger partial charge in [0.05, 0.1) is 0 Å². The van der Waals surface area contributed by atoms with E-state index in [-0.39, 0.29) is 17.2 Å². The molecule has 1 fully saturated rings. The number of aryl methyl sites for hydroxylation is 1. The highest BCUT2D eigenvalue weighted by Crippen LogP contribution is 2.22. The van der Waals surface area contributed by atoms with Crippen LogP contribution in [0.15, 0.2) is 41.2 Å². The van der Waals surface area contributed by atoms with E-state index >= 15 is 0 Å². The summed E-state index contributed by atoms with van der Waals surface area (Å²) in [5, 5.41) is 7.04. The lowest BCUT2D eigenvalue weighted by Crippen LogP contribution is -2.38. The van der Waals surface area contributed by atoms with E-state index in [2.05, 4.69) is 53.4 Å². The van der Waals surface area contributed by atoms with E-state index in [4.69, 9.17) is 0 Å². The van der Waals surface area contributed by atoms with Crippen LogP contribution in [-0.2, 0) is 19.6 Å². The average molecular weight is 397 g/mol. The van der Waals surface area contributed by atoms with Gasteiger partial charge in [-0.25, -0.2) is 4.68 Å². The quantitative estimate of drug-likeness (QED) is 0.781. The van der Waals surface area contributed by atoms with Crippen molar-refractivity contribution in [3.63, 3.8) is 0 Å². The minimum absolute atomic E-state index is 0.184. The highest BCUT2D eigenvalue weighted by molar-refractivity contribution is 5.91. The Hall–Kier alpha value is -2.47. The molecule has 0 saturated carbocycles. The second-order valence-electron chi connectivity index (χ2n) is 8.42. The van der Waals surface area contributed by atoms with Gasteiger partial charge in [-0.3, -0.25) is 14.5 Å². The van der Waals surface area contributed by atoms with E-state index in [0.717, 1.165) is 43.5 Å². The summed E-state index contributed by atoms with van der Waals surface area (Å²) in [5.74, 6) is 1.25. The zero-order chi connectivity index (χ0) is 20.8. The van der Waals surface area contributed by atoms with Gasteiger partial charge in [0.2, 0.25) is 0 Å². The lowest BCUT2D eigenvalue weighted by atomic mass is 9.91. The van der Waals surface area contributed by atoms with E-state index in [1.54, 1.807) is 0 Å². The monoisotopic (exact) mass is 396 g/mol. The number of rotatable bonds is 7. The van der Waals surface area contributed by atoms with Crippen LogP contribution in [0.2, 0.25) is 0 Å². The largest absolute Gasteiger partial charge is 0.347 e. The van der Waals surface area contributed by atoms with E-state index in [1.807, 2.05) is 6.92 Å². The summed E-state index contributed by atoms with van der Waals surface area (Å²) in [4.78, 5) is 26.7. The van der Waals surface area contributed by atoms with Gasteiger partial charge in [-0.1, -0.05) is 45.0 Å². The Morgan fingerprint density at radius 2 is 1.72 bits per heavy atom. The lowest BCUT2D eigenvalue weighted by molar-refractivity contribution is 0.0943. The van der Waals surface area contributed by atoms with Crippen molar-refractivity contribution < 1.29 is 4.79 Å². The van der Waals surface area contributed by atoms with Crippen molar-refractivity contribution in [2.24, 2.45) is 11.8 Å². The third-order valence-corrected chi connectivity index (χ3v) is 5.36. The first-order chi connectivity index (χ1) is 13.9. The van der Waals surface area contributed by atoms with Crippen LogP contribution in [0.3, 0.4) is 0 Å². The Bertz CT molecular complexity index is 865. The summed E-state index contributed by atoms with van der Waals surface area (Å²) >= 11 is 0. The minimum Gasteiger partial charge on any atom is -0.347 e. The molecule has 0 unspecified atom stereocenters. The zero-order valence-corrected chi connectivity index (χ0v) is 17.7. The third kappa shape index (κ3) is 6.00. The molecule has 1 aliphatic rings. The van der Waals surface area contributed by atoms with Gasteiger partial charge >= 0.3 is 0 Å². The molecule has 1 aromatic heterocycles. The first-order valence-electron chi connectivity index (χ1n) is 10.6. The molecule has 2 atom stereocenters. The predicted octanol–water partition coefficient (Wildman–Crippen LogP) is 3.06. The molecule has 0 bridgehead atoms. The molecule has 156 valence electrons. The Kier molecular flexibility index (Phi) is 7.20. The maximum atomic E-state index is 12.4. The summed E-state index contributed by atoms with van der Waals surface area (Å²) in [6.07, 6.45) is 2.11. The summed E-state index contributed by atoms with van der Waals surface area (Å²) in [6, 6.07) is 11.3. The summed E-state index contributed by atoms with van der Waals surface area (Å²) in [7, 11) is 0. The van der Waals surface area contributed by atoms with Crippen molar-refractivity contribution in [1.29, 1.82) is 0 Å². The normalized spacial score (nSPS) is 19.8. The van der Waals surface area contributed by atoms with E-state index in [1.165, 1.54) is 28.8 Å². The van der Waals surface area contributed by atoms with Crippen molar-refractivity contribution >= 4 is 5.91 Å². The molecule has 29 heavy (non-hydrogen) atoms. The van der Waals surface area contributed by atoms with Crippen LogP contribution in [0.4, 0.5) is 0 Å². The Labute approximate surface area is 172 Å². The molecule has 6 nitrogen and oxygen atoms in total. The molecule has 1 N–H and O–H groups in total. The zero-order valence-electron chi connectivity index (χ0n) is 17.7. The van der Waals surface area contributed by atoms with Gasteiger partial charge in [0.1, 0.15) is 5.69 Å².